The van der Waals surface area contributed by atoms with Crippen molar-refractivity contribution in [3.63, 3.8) is 0 Å². The van der Waals surface area contributed by atoms with E-state index >= 15 is 0 Å². The fraction of sp³-hybridized carbons (Fsp3) is 0.444. The van der Waals surface area contributed by atoms with E-state index in [4.69, 9.17) is 10.4 Å². The second-order valence-corrected chi connectivity index (χ2v) is 3.87. The molecule has 0 amide bonds. The fourth-order valence-corrected chi connectivity index (χ4v) is 1.84. The zero-order valence-corrected chi connectivity index (χ0v) is 8.24. The van der Waals surface area contributed by atoms with Crippen LogP contribution in [0.25, 0.3) is 0 Å². The van der Waals surface area contributed by atoms with E-state index in [1.54, 1.807) is 17.5 Å². The van der Waals surface area contributed by atoms with Crippen molar-refractivity contribution in [2.24, 2.45) is 0 Å². The van der Waals surface area contributed by atoms with Crippen LogP contribution in [0.3, 0.4) is 0 Å². The monoisotopic (exact) mass is 213 g/mol. The molecule has 2 atom stereocenters. The number of hydrogen-bond donors (Lipinski definition) is 3. The Morgan fingerprint density at radius 1 is 1.50 bits per heavy atom. The van der Waals surface area contributed by atoms with Gasteiger partial charge in [-0.2, -0.15) is 5.26 Å². The number of thiophene rings is 1. The van der Waals surface area contributed by atoms with Gasteiger partial charge in [0.2, 0.25) is 0 Å². The van der Waals surface area contributed by atoms with Crippen LogP contribution in [0, 0.1) is 11.3 Å². The summed E-state index contributed by atoms with van der Waals surface area (Å²) < 4.78 is 0. The molecule has 0 bridgehead atoms. The normalized spacial score (nSPS) is 14.7. The average Bonchev–Trinajstić information content (AvgIpc) is 2.65. The van der Waals surface area contributed by atoms with Gasteiger partial charge in [0.25, 0.3) is 0 Å². The summed E-state index contributed by atoms with van der Waals surface area (Å²) in [5, 5.41) is 37.7. The standard InChI is InChI=1S/C9H11NO3S/c10-2-1-8(12)9(13)6-3-7(4-11)14-5-6/h3,5,8-9,11-13H,1,4H2. The van der Waals surface area contributed by atoms with Crippen LogP contribution in [0.4, 0.5) is 0 Å². The predicted molar refractivity (Wildman–Crippen MR) is 51.4 cm³/mol. The molecular weight excluding hydrogens is 202 g/mol. The van der Waals surface area contributed by atoms with Gasteiger partial charge in [0.1, 0.15) is 6.10 Å². The van der Waals surface area contributed by atoms with Crippen LogP contribution in [0.5, 0.6) is 0 Å². The van der Waals surface area contributed by atoms with E-state index in [1.807, 2.05) is 0 Å². The van der Waals surface area contributed by atoms with Crippen LogP contribution in [0.1, 0.15) is 23.0 Å². The van der Waals surface area contributed by atoms with Crippen molar-refractivity contribution >= 4 is 11.3 Å². The van der Waals surface area contributed by atoms with Gasteiger partial charge in [0, 0.05) is 4.88 Å². The highest BCUT2D eigenvalue weighted by Gasteiger charge is 2.19. The topological polar surface area (TPSA) is 84.5 Å². The van der Waals surface area contributed by atoms with Gasteiger partial charge in [-0.15, -0.1) is 11.3 Å². The Morgan fingerprint density at radius 2 is 2.21 bits per heavy atom. The molecular formula is C9H11NO3S. The van der Waals surface area contributed by atoms with Crippen LogP contribution >= 0.6 is 11.3 Å². The molecule has 0 spiro atoms. The van der Waals surface area contributed by atoms with Gasteiger partial charge in [-0.25, -0.2) is 0 Å². The molecule has 76 valence electrons. The number of nitrogens with zero attached hydrogens (tertiary/aromatic N) is 1. The summed E-state index contributed by atoms with van der Waals surface area (Å²) in [6.07, 6.45) is -2.22. The maximum Gasteiger partial charge on any atom is 0.107 e. The van der Waals surface area contributed by atoms with Gasteiger partial charge in [0.05, 0.1) is 25.2 Å². The number of aliphatic hydroxyl groups is 3. The number of rotatable bonds is 4. The summed E-state index contributed by atoms with van der Waals surface area (Å²) in [4.78, 5) is 0.725. The van der Waals surface area contributed by atoms with Crippen molar-refractivity contribution in [3.8, 4) is 6.07 Å². The fourth-order valence-electron chi connectivity index (χ4n) is 1.06. The summed E-state index contributed by atoms with van der Waals surface area (Å²) in [6.45, 7) is -0.0776. The Labute approximate surface area is 85.7 Å². The maximum atomic E-state index is 9.55. The van der Waals surface area contributed by atoms with E-state index in [1.165, 1.54) is 11.3 Å². The van der Waals surface area contributed by atoms with E-state index < -0.39 is 12.2 Å². The Bertz CT molecular complexity index is 331. The third kappa shape index (κ3) is 2.53. The molecule has 1 aromatic rings. The van der Waals surface area contributed by atoms with E-state index in [2.05, 4.69) is 0 Å². The molecule has 0 saturated carbocycles. The molecule has 1 aromatic heterocycles. The summed E-state index contributed by atoms with van der Waals surface area (Å²) in [6, 6.07) is 3.40. The van der Waals surface area contributed by atoms with Gasteiger partial charge in [-0.3, -0.25) is 0 Å². The van der Waals surface area contributed by atoms with Crippen LogP contribution in [0.15, 0.2) is 11.4 Å². The molecule has 4 nitrogen and oxygen atoms in total. The minimum absolute atomic E-state index is 0.0776. The van der Waals surface area contributed by atoms with E-state index in [0.717, 1.165) is 4.88 Å². The van der Waals surface area contributed by atoms with Crippen molar-refractivity contribution in [1.29, 1.82) is 5.26 Å². The van der Waals surface area contributed by atoms with Crippen LogP contribution in [-0.4, -0.2) is 21.4 Å². The zero-order chi connectivity index (χ0) is 10.6. The minimum Gasteiger partial charge on any atom is -0.391 e. The smallest absolute Gasteiger partial charge is 0.107 e. The second kappa shape index (κ2) is 5.08. The predicted octanol–water partition coefficient (Wildman–Crippen LogP) is 0.548. The molecule has 0 radical (unpaired) electrons. The first-order chi connectivity index (χ1) is 6.69. The molecule has 0 aliphatic heterocycles. The Kier molecular flexibility index (Phi) is 4.04. The molecule has 1 rings (SSSR count). The Hall–Kier alpha value is -0.930. The number of aliphatic hydroxyl groups excluding tert-OH is 3. The lowest BCUT2D eigenvalue weighted by atomic mass is 10.1. The van der Waals surface area contributed by atoms with Crippen molar-refractivity contribution in [2.75, 3.05) is 0 Å². The lowest BCUT2D eigenvalue weighted by molar-refractivity contribution is 0.0218. The van der Waals surface area contributed by atoms with Crippen LogP contribution in [-0.2, 0) is 6.61 Å². The second-order valence-electron chi connectivity index (χ2n) is 2.88. The Balaban J connectivity index is 2.69. The zero-order valence-electron chi connectivity index (χ0n) is 7.42. The first-order valence-electron chi connectivity index (χ1n) is 4.10. The number of hydrogen-bond acceptors (Lipinski definition) is 5. The Morgan fingerprint density at radius 3 is 2.71 bits per heavy atom. The first-order valence-corrected chi connectivity index (χ1v) is 4.98. The molecule has 0 aliphatic carbocycles. The quantitative estimate of drug-likeness (QED) is 0.681. The van der Waals surface area contributed by atoms with Crippen LogP contribution in [0.2, 0.25) is 0 Å². The third-order valence-electron chi connectivity index (χ3n) is 1.84. The molecule has 14 heavy (non-hydrogen) atoms. The molecule has 3 N–H and O–H groups in total. The highest BCUT2D eigenvalue weighted by molar-refractivity contribution is 7.10. The molecule has 2 unspecified atom stereocenters. The van der Waals surface area contributed by atoms with Gasteiger partial charge in [0.15, 0.2) is 0 Å². The lowest BCUT2D eigenvalue weighted by Gasteiger charge is -2.13. The highest BCUT2D eigenvalue weighted by Crippen LogP contribution is 2.24. The summed E-state index contributed by atoms with van der Waals surface area (Å²) in [5.74, 6) is 0. The molecule has 0 aromatic carbocycles. The van der Waals surface area contributed by atoms with E-state index in [0.29, 0.717) is 5.56 Å². The number of nitriles is 1. The molecule has 5 heteroatoms. The summed E-state index contributed by atoms with van der Waals surface area (Å²) >= 11 is 1.31. The average molecular weight is 213 g/mol. The summed E-state index contributed by atoms with van der Waals surface area (Å²) in [5.41, 5.74) is 0.543. The van der Waals surface area contributed by atoms with E-state index in [-0.39, 0.29) is 13.0 Å². The van der Waals surface area contributed by atoms with Crippen molar-refractivity contribution < 1.29 is 15.3 Å². The van der Waals surface area contributed by atoms with Gasteiger partial charge < -0.3 is 15.3 Å². The highest BCUT2D eigenvalue weighted by atomic mass is 32.1. The van der Waals surface area contributed by atoms with Gasteiger partial charge in [-0.1, -0.05) is 0 Å². The van der Waals surface area contributed by atoms with Gasteiger partial charge >= 0.3 is 0 Å². The van der Waals surface area contributed by atoms with Crippen LogP contribution < -0.4 is 0 Å². The van der Waals surface area contributed by atoms with Crippen molar-refractivity contribution in [3.05, 3.63) is 21.9 Å². The molecule has 0 fully saturated rings. The first kappa shape index (κ1) is 11.1. The third-order valence-corrected chi connectivity index (χ3v) is 2.78. The lowest BCUT2D eigenvalue weighted by Crippen LogP contribution is -2.16. The minimum atomic E-state index is -1.07. The molecule has 0 aliphatic rings. The van der Waals surface area contributed by atoms with Crippen molar-refractivity contribution in [1.82, 2.24) is 0 Å². The molecule has 0 saturated heterocycles. The van der Waals surface area contributed by atoms with Gasteiger partial charge in [-0.05, 0) is 17.0 Å². The van der Waals surface area contributed by atoms with Crippen molar-refractivity contribution in [2.45, 2.75) is 25.2 Å². The summed E-state index contributed by atoms with van der Waals surface area (Å²) in [7, 11) is 0. The maximum absolute atomic E-state index is 9.55. The largest absolute Gasteiger partial charge is 0.391 e. The SMILES string of the molecule is N#CCC(O)C(O)c1csc(CO)c1. The molecule has 1 heterocycles. The van der Waals surface area contributed by atoms with E-state index in [9.17, 15) is 10.2 Å².